The minimum absolute atomic E-state index is 0.558. The molecule has 0 saturated heterocycles. The lowest BCUT2D eigenvalue weighted by Crippen LogP contribution is -2.35. The van der Waals surface area contributed by atoms with E-state index in [1.54, 1.807) is 11.1 Å². The molecule has 0 N–H and O–H groups in total. The summed E-state index contributed by atoms with van der Waals surface area (Å²) in [6.07, 6.45) is 2.32. The van der Waals surface area contributed by atoms with Crippen LogP contribution in [-0.2, 0) is 12.8 Å². The highest BCUT2D eigenvalue weighted by Crippen LogP contribution is 2.45. The van der Waals surface area contributed by atoms with Crippen molar-refractivity contribution in [1.29, 1.82) is 0 Å². The maximum absolute atomic E-state index is 2.52. The fourth-order valence-corrected chi connectivity index (χ4v) is 3.87. The Hall–Kier alpha value is -1.80. The van der Waals surface area contributed by atoms with E-state index in [-0.39, 0.29) is 0 Å². The largest absolute Gasteiger partial charge is 0.378 e. The van der Waals surface area contributed by atoms with E-state index in [4.69, 9.17) is 0 Å². The van der Waals surface area contributed by atoms with Gasteiger partial charge in [-0.15, -0.1) is 0 Å². The predicted molar refractivity (Wildman–Crippen MR) is 89.0 cm³/mol. The fourth-order valence-electron chi connectivity index (χ4n) is 3.87. The molecule has 1 aliphatic heterocycles. The van der Waals surface area contributed by atoms with E-state index < -0.39 is 0 Å². The van der Waals surface area contributed by atoms with E-state index in [0.29, 0.717) is 6.04 Å². The second-order valence-corrected chi connectivity index (χ2v) is 6.56. The number of anilines is 1. The third-order valence-corrected chi connectivity index (χ3v) is 5.11. The second kappa shape index (κ2) is 4.60. The molecule has 0 saturated carbocycles. The smallest absolute Gasteiger partial charge is 0.0394 e. The molecule has 0 fully saturated rings. The van der Waals surface area contributed by atoms with E-state index in [0.717, 1.165) is 6.42 Å². The number of fused-ring (bicyclic) bond motifs is 2. The quantitative estimate of drug-likeness (QED) is 0.787. The topological polar surface area (TPSA) is 6.48 Å². The van der Waals surface area contributed by atoms with Gasteiger partial charge in [-0.3, -0.25) is 4.90 Å². The first-order chi connectivity index (χ1) is 10.1. The lowest BCUT2D eigenvalue weighted by Gasteiger charge is -2.40. The highest BCUT2D eigenvalue weighted by Gasteiger charge is 2.32. The number of likely N-dealkylation sites (N-methyl/N-ethyl adjacent to an activating group) is 1. The lowest BCUT2D eigenvalue weighted by atomic mass is 9.77. The Morgan fingerprint density at radius 2 is 1.90 bits per heavy atom. The number of benzene rings is 2. The average molecular weight is 278 g/mol. The Morgan fingerprint density at radius 3 is 2.71 bits per heavy atom. The van der Waals surface area contributed by atoms with Gasteiger partial charge >= 0.3 is 0 Å². The predicted octanol–water partition coefficient (Wildman–Crippen LogP) is 3.50. The Balaban J connectivity index is 1.95. The van der Waals surface area contributed by atoms with Crippen LogP contribution >= 0.6 is 0 Å². The Morgan fingerprint density at radius 1 is 1.05 bits per heavy atom. The van der Waals surface area contributed by atoms with E-state index in [1.165, 1.54) is 35.3 Å². The normalized spacial score (nSPS) is 19.9. The molecule has 0 radical (unpaired) electrons. The van der Waals surface area contributed by atoms with E-state index in [9.17, 15) is 0 Å². The standard InChI is InChI=1S/C19H22N2/c1-20(2)15-8-7-14-11-18-19-13(9-10-21(18)3)5-4-6-16(19)17(14)12-15/h4-8,12,18H,9-11H2,1-3H3. The second-order valence-electron chi connectivity index (χ2n) is 6.56. The van der Waals surface area contributed by atoms with Crippen molar-refractivity contribution >= 4 is 5.69 Å². The Labute approximate surface area is 127 Å². The van der Waals surface area contributed by atoms with Crippen molar-refractivity contribution in [3.8, 4) is 11.1 Å². The van der Waals surface area contributed by atoms with E-state index in [1.807, 2.05) is 0 Å². The summed E-state index contributed by atoms with van der Waals surface area (Å²) in [6.45, 7) is 1.17. The van der Waals surface area contributed by atoms with Gasteiger partial charge < -0.3 is 4.90 Å². The highest BCUT2D eigenvalue weighted by molar-refractivity contribution is 5.78. The van der Waals surface area contributed by atoms with Crippen molar-refractivity contribution in [1.82, 2.24) is 4.90 Å². The van der Waals surface area contributed by atoms with Crippen LogP contribution in [0.5, 0.6) is 0 Å². The first-order valence-electron chi connectivity index (χ1n) is 7.78. The molecule has 1 heterocycles. The van der Waals surface area contributed by atoms with Gasteiger partial charge in [0.2, 0.25) is 0 Å². The number of hydrogen-bond donors (Lipinski definition) is 0. The lowest BCUT2D eigenvalue weighted by molar-refractivity contribution is 0.228. The first-order valence-corrected chi connectivity index (χ1v) is 7.78. The van der Waals surface area contributed by atoms with E-state index in [2.05, 4.69) is 67.3 Å². The van der Waals surface area contributed by atoms with Gasteiger partial charge in [0, 0.05) is 32.4 Å². The summed E-state index contributed by atoms with van der Waals surface area (Å²) in [5.74, 6) is 0. The summed E-state index contributed by atoms with van der Waals surface area (Å²) in [7, 11) is 6.49. The fraction of sp³-hybridized carbons (Fsp3) is 0.368. The number of nitrogens with zero attached hydrogens (tertiary/aromatic N) is 2. The molecule has 0 bridgehead atoms. The van der Waals surface area contributed by atoms with Crippen molar-refractivity contribution in [3.05, 3.63) is 53.1 Å². The van der Waals surface area contributed by atoms with Crippen LogP contribution in [0.3, 0.4) is 0 Å². The molecule has 0 spiro atoms. The van der Waals surface area contributed by atoms with Crippen LogP contribution in [0.4, 0.5) is 5.69 Å². The van der Waals surface area contributed by atoms with Crippen LogP contribution in [0.1, 0.15) is 22.7 Å². The summed E-state index contributed by atoms with van der Waals surface area (Å²) in [4.78, 5) is 4.71. The van der Waals surface area contributed by atoms with Crippen molar-refractivity contribution in [3.63, 3.8) is 0 Å². The zero-order valence-electron chi connectivity index (χ0n) is 13.1. The van der Waals surface area contributed by atoms with Crippen molar-refractivity contribution in [2.75, 3.05) is 32.6 Å². The van der Waals surface area contributed by atoms with Crippen LogP contribution in [0.2, 0.25) is 0 Å². The molecule has 0 amide bonds. The van der Waals surface area contributed by atoms with Gasteiger partial charge in [0.25, 0.3) is 0 Å². The molecule has 2 aromatic carbocycles. The molecule has 4 rings (SSSR count). The summed E-state index contributed by atoms with van der Waals surface area (Å²) in [6, 6.07) is 14.3. The van der Waals surface area contributed by atoms with Gasteiger partial charge in [-0.1, -0.05) is 24.3 Å². The molecular formula is C19H22N2. The summed E-state index contributed by atoms with van der Waals surface area (Å²) < 4.78 is 0. The van der Waals surface area contributed by atoms with Gasteiger partial charge in [0.15, 0.2) is 0 Å². The third kappa shape index (κ3) is 1.90. The maximum atomic E-state index is 2.52. The zero-order chi connectivity index (χ0) is 14.6. The molecule has 21 heavy (non-hydrogen) atoms. The zero-order valence-corrected chi connectivity index (χ0v) is 13.1. The van der Waals surface area contributed by atoms with Crippen LogP contribution in [0.25, 0.3) is 11.1 Å². The molecule has 1 unspecified atom stereocenters. The molecule has 0 aromatic heterocycles. The molecule has 2 aromatic rings. The SMILES string of the molecule is CN(C)c1ccc2c(c1)-c1cccc3c1C(C2)N(C)CC3. The van der Waals surface area contributed by atoms with Crippen molar-refractivity contribution in [2.45, 2.75) is 18.9 Å². The Bertz CT molecular complexity index is 703. The van der Waals surface area contributed by atoms with Gasteiger partial charge in [0.05, 0.1) is 0 Å². The van der Waals surface area contributed by atoms with Crippen LogP contribution in [0, 0.1) is 0 Å². The minimum atomic E-state index is 0.558. The third-order valence-electron chi connectivity index (χ3n) is 5.11. The first kappa shape index (κ1) is 12.9. The molecule has 1 aliphatic carbocycles. The van der Waals surface area contributed by atoms with E-state index >= 15 is 0 Å². The van der Waals surface area contributed by atoms with Gasteiger partial charge in [0.1, 0.15) is 0 Å². The average Bonchev–Trinajstić information content (AvgIpc) is 2.50. The summed E-state index contributed by atoms with van der Waals surface area (Å²) >= 11 is 0. The number of rotatable bonds is 1. The van der Waals surface area contributed by atoms with Crippen LogP contribution in [0.15, 0.2) is 36.4 Å². The van der Waals surface area contributed by atoms with Gasteiger partial charge in [-0.25, -0.2) is 0 Å². The monoisotopic (exact) mass is 278 g/mol. The Kier molecular flexibility index (Phi) is 2.83. The minimum Gasteiger partial charge on any atom is -0.378 e. The molecular weight excluding hydrogens is 256 g/mol. The molecule has 108 valence electrons. The molecule has 2 aliphatic rings. The highest BCUT2D eigenvalue weighted by atomic mass is 15.1. The molecule has 2 heteroatoms. The maximum Gasteiger partial charge on any atom is 0.0394 e. The summed E-state index contributed by atoms with van der Waals surface area (Å²) in [5.41, 5.74) is 8.79. The summed E-state index contributed by atoms with van der Waals surface area (Å²) in [5, 5.41) is 0. The van der Waals surface area contributed by atoms with Crippen molar-refractivity contribution < 1.29 is 0 Å². The van der Waals surface area contributed by atoms with Crippen LogP contribution in [-0.4, -0.2) is 32.6 Å². The van der Waals surface area contributed by atoms with Gasteiger partial charge in [-0.2, -0.15) is 0 Å². The van der Waals surface area contributed by atoms with Crippen LogP contribution < -0.4 is 4.90 Å². The molecule has 2 nitrogen and oxygen atoms in total. The van der Waals surface area contributed by atoms with Crippen molar-refractivity contribution in [2.24, 2.45) is 0 Å². The van der Waals surface area contributed by atoms with Gasteiger partial charge in [-0.05, 0) is 59.8 Å². The molecule has 1 atom stereocenters. The number of hydrogen-bond acceptors (Lipinski definition) is 2.